The van der Waals surface area contributed by atoms with Crippen LogP contribution in [0.15, 0.2) is 24.3 Å². The summed E-state index contributed by atoms with van der Waals surface area (Å²) in [4.78, 5) is 13.8. The van der Waals surface area contributed by atoms with Gasteiger partial charge in [0.05, 0.1) is 0 Å². The first-order chi connectivity index (χ1) is 9.56. The first kappa shape index (κ1) is 15.0. The fourth-order valence-corrected chi connectivity index (χ4v) is 3.10. The molecule has 2 atom stereocenters. The number of rotatable bonds is 5. The molecule has 2 rings (SSSR count). The highest BCUT2D eigenvalue weighted by molar-refractivity contribution is 5.76. The monoisotopic (exact) mass is 274 g/mol. The van der Waals surface area contributed by atoms with Crippen LogP contribution in [-0.2, 0) is 11.3 Å². The van der Waals surface area contributed by atoms with Crippen LogP contribution in [0.25, 0.3) is 0 Å². The van der Waals surface area contributed by atoms with Gasteiger partial charge in [-0.15, -0.1) is 0 Å². The predicted molar refractivity (Wildman–Crippen MR) is 82.2 cm³/mol. The van der Waals surface area contributed by atoms with E-state index in [-0.39, 0.29) is 11.8 Å². The fraction of sp³-hybridized carbons (Fsp3) is 0.588. The maximum Gasteiger partial charge on any atom is 0.220 e. The third-order valence-electron chi connectivity index (χ3n) is 4.33. The quantitative estimate of drug-likeness (QED) is 0.897. The topological polar surface area (TPSA) is 46.3 Å². The summed E-state index contributed by atoms with van der Waals surface area (Å²) in [6.07, 6.45) is 4.60. The number of carbonyl (C=O) groups excluding carboxylic acids is 1. The van der Waals surface area contributed by atoms with Crippen molar-refractivity contribution in [2.75, 3.05) is 6.54 Å². The standard InChI is InChI=1S/C17H26N2O/c1-13-6-5-7-15(10-13)12-19-9-4-3-8-16(19)11-14(2)17(18)20/h5-7,10,14,16H,3-4,8-9,11-12H2,1-2H3,(H2,18,20). The van der Waals surface area contributed by atoms with E-state index in [9.17, 15) is 4.79 Å². The van der Waals surface area contributed by atoms with Gasteiger partial charge in [-0.1, -0.05) is 43.2 Å². The molecule has 0 saturated carbocycles. The zero-order chi connectivity index (χ0) is 14.5. The summed E-state index contributed by atoms with van der Waals surface area (Å²) in [5, 5.41) is 0. The molecule has 110 valence electrons. The molecule has 1 amide bonds. The Labute approximate surface area is 122 Å². The van der Waals surface area contributed by atoms with Crippen LogP contribution in [0.3, 0.4) is 0 Å². The number of nitrogens with zero attached hydrogens (tertiary/aromatic N) is 1. The Bertz CT molecular complexity index is 458. The first-order valence-corrected chi connectivity index (χ1v) is 7.65. The Morgan fingerprint density at radius 1 is 1.45 bits per heavy atom. The molecular weight excluding hydrogens is 248 g/mol. The highest BCUT2D eigenvalue weighted by atomic mass is 16.1. The van der Waals surface area contributed by atoms with Crippen molar-refractivity contribution in [3.63, 3.8) is 0 Å². The van der Waals surface area contributed by atoms with Crippen LogP contribution in [-0.4, -0.2) is 23.4 Å². The normalized spacial score (nSPS) is 21.6. The molecule has 1 saturated heterocycles. The third kappa shape index (κ3) is 4.07. The van der Waals surface area contributed by atoms with E-state index in [4.69, 9.17) is 5.73 Å². The van der Waals surface area contributed by atoms with E-state index in [1.807, 2.05) is 6.92 Å². The van der Waals surface area contributed by atoms with Gasteiger partial charge < -0.3 is 5.73 Å². The van der Waals surface area contributed by atoms with Gasteiger partial charge in [-0.25, -0.2) is 0 Å². The van der Waals surface area contributed by atoms with Crippen molar-refractivity contribution < 1.29 is 4.79 Å². The second-order valence-corrected chi connectivity index (χ2v) is 6.15. The highest BCUT2D eigenvalue weighted by Gasteiger charge is 2.25. The van der Waals surface area contributed by atoms with Gasteiger partial charge in [0.1, 0.15) is 0 Å². The fourth-order valence-electron chi connectivity index (χ4n) is 3.10. The molecule has 0 aliphatic carbocycles. The molecule has 1 aliphatic rings. The molecule has 1 aromatic rings. The molecule has 0 bridgehead atoms. The second-order valence-electron chi connectivity index (χ2n) is 6.15. The van der Waals surface area contributed by atoms with Crippen molar-refractivity contribution in [3.8, 4) is 0 Å². The van der Waals surface area contributed by atoms with Crippen molar-refractivity contribution in [1.82, 2.24) is 4.90 Å². The van der Waals surface area contributed by atoms with Crippen LogP contribution < -0.4 is 5.73 Å². The smallest absolute Gasteiger partial charge is 0.220 e. The number of aryl methyl sites for hydroxylation is 1. The highest BCUT2D eigenvalue weighted by Crippen LogP contribution is 2.24. The lowest BCUT2D eigenvalue weighted by Crippen LogP contribution is -2.41. The largest absolute Gasteiger partial charge is 0.369 e. The third-order valence-corrected chi connectivity index (χ3v) is 4.33. The number of piperidine rings is 1. The van der Waals surface area contributed by atoms with Crippen molar-refractivity contribution in [3.05, 3.63) is 35.4 Å². The number of benzene rings is 1. The Kier molecular flexibility index (Phi) is 5.18. The molecule has 1 aromatic carbocycles. The van der Waals surface area contributed by atoms with Gasteiger partial charge in [-0.05, 0) is 38.3 Å². The summed E-state index contributed by atoms with van der Waals surface area (Å²) in [5.74, 6) is -0.204. The zero-order valence-electron chi connectivity index (χ0n) is 12.6. The van der Waals surface area contributed by atoms with Gasteiger partial charge in [0, 0.05) is 18.5 Å². The molecule has 0 spiro atoms. The average molecular weight is 274 g/mol. The molecule has 2 N–H and O–H groups in total. The number of hydrogen-bond acceptors (Lipinski definition) is 2. The van der Waals surface area contributed by atoms with Gasteiger partial charge >= 0.3 is 0 Å². The minimum absolute atomic E-state index is 0.0295. The summed E-state index contributed by atoms with van der Waals surface area (Å²) in [6.45, 7) is 6.19. The lowest BCUT2D eigenvalue weighted by Gasteiger charge is -2.36. The molecule has 1 aliphatic heterocycles. The van der Waals surface area contributed by atoms with E-state index in [0.29, 0.717) is 6.04 Å². The molecular formula is C17H26N2O. The van der Waals surface area contributed by atoms with E-state index < -0.39 is 0 Å². The van der Waals surface area contributed by atoms with Crippen LogP contribution in [0, 0.1) is 12.8 Å². The number of likely N-dealkylation sites (tertiary alicyclic amines) is 1. The van der Waals surface area contributed by atoms with E-state index >= 15 is 0 Å². The molecule has 3 heteroatoms. The summed E-state index contributed by atoms with van der Waals surface area (Å²) in [7, 11) is 0. The van der Waals surface area contributed by atoms with Crippen LogP contribution in [0.5, 0.6) is 0 Å². The number of carbonyl (C=O) groups is 1. The van der Waals surface area contributed by atoms with E-state index in [1.54, 1.807) is 0 Å². The SMILES string of the molecule is Cc1cccc(CN2CCCCC2CC(C)C(N)=O)c1. The molecule has 2 unspecified atom stereocenters. The maximum absolute atomic E-state index is 11.3. The van der Waals surface area contributed by atoms with Gasteiger partial charge in [-0.3, -0.25) is 9.69 Å². The maximum atomic E-state index is 11.3. The van der Waals surface area contributed by atoms with Crippen LogP contribution >= 0.6 is 0 Å². The predicted octanol–water partition coefficient (Wildman–Crippen LogP) is 2.86. The van der Waals surface area contributed by atoms with Gasteiger partial charge in [-0.2, -0.15) is 0 Å². The zero-order valence-corrected chi connectivity index (χ0v) is 12.6. The van der Waals surface area contributed by atoms with Gasteiger partial charge in [0.25, 0.3) is 0 Å². The van der Waals surface area contributed by atoms with Crippen LogP contribution in [0.1, 0.15) is 43.7 Å². The minimum Gasteiger partial charge on any atom is -0.369 e. The Balaban J connectivity index is 2.01. The van der Waals surface area contributed by atoms with Crippen molar-refractivity contribution in [1.29, 1.82) is 0 Å². The minimum atomic E-state index is -0.175. The molecule has 0 aromatic heterocycles. The summed E-state index contributed by atoms with van der Waals surface area (Å²) in [5.41, 5.74) is 8.09. The molecule has 0 radical (unpaired) electrons. The molecule has 3 nitrogen and oxygen atoms in total. The number of primary amides is 1. The Morgan fingerprint density at radius 2 is 2.25 bits per heavy atom. The van der Waals surface area contributed by atoms with E-state index in [1.165, 1.54) is 30.4 Å². The summed E-state index contributed by atoms with van der Waals surface area (Å²) < 4.78 is 0. The van der Waals surface area contributed by atoms with Crippen molar-refractivity contribution in [2.45, 2.75) is 52.1 Å². The molecule has 20 heavy (non-hydrogen) atoms. The van der Waals surface area contributed by atoms with Crippen molar-refractivity contribution in [2.24, 2.45) is 11.7 Å². The Hall–Kier alpha value is -1.35. The number of amides is 1. The van der Waals surface area contributed by atoms with Crippen LogP contribution in [0.2, 0.25) is 0 Å². The van der Waals surface area contributed by atoms with E-state index in [0.717, 1.165) is 19.5 Å². The average Bonchev–Trinajstić information content (AvgIpc) is 2.41. The van der Waals surface area contributed by atoms with Crippen molar-refractivity contribution >= 4 is 5.91 Å². The summed E-state index contributed by atoms with van der Waals surface area (Å²) >= 11 is 0. The Morgan fingerprint density at radius 3 is 2.95 bits per heavy atom. The van der Waals surface area contributed by atoms with Gasteiger partial charge in [0.15, 0.2) is 0 Å². The first-order valence-electron chi connectivity index (χ1n) is 7.65. The molecule has 1 heterocycles. The molecule has 1 fully saturated rings. The second kappa shape index (κ2) is 6.89. The van der Waals surface area contributed by atoms with E-state index in [2.05, 4.69) is 36.1 Å². The summed E-state index contributed by atoms with van der Waals surface area (Å²) in [6, 6.07) is 9.19. The van der Waals surface area contributed by atoms with Gasteiger partial charge in [0.2, 0.25) is 5.91 Å². The van der Waals surface area contributed by atoms with Crippen LogP contribution in [0.4, 0.5) is 0 Å². The number of nitrogens with two attached hydrogens (primary N) is 1. The number of hydrogen-bond donors (Lipinski definition) is 1. The lowest BCUT2D eigenvalue weighted by atomic mass is 9.92. The lowest BCUT2D eigenvalue weighted by molar-refractivity contribution is -0.122.